The van der Waals surface area contributed by atoms with Gasteiger partial charge in [0.05, 0.1) is 4.47 Å². The van der Waals surface area contributed by atoms with Gasteiger partial charge in [0.2, 0.25) is 6.39 Å². The molecule has 1 N–H and O–H groups in total. The first kappa shape index (κ1) is 13.2. The molecule has 1 aromatic heterocycles. The monoisotopic (exact) mass is 313 g/mol. The smallest absolute Gasteiger partial charge is 0.213 e. The minimum atomic E-state index is -0.252. The van der Waals surface area contributed by atoms with Crippen molar-refractivity contribution in [3.8, 4) is 0 Å². The fourth-order valence-electron chi connectivity index (χ4n) is 1.60. The van der Waals surface area contributed by atoms with Crippen molar-refractivity contribution in [1.82, 2.24) is 15.5 Å². The van der Waals surface area contributed by atoms with Gasteiger partial charge in [-0.1, -0.05) is 11.2 Å². The maximum Gasteiger partial charge on any atom is 0.213 e. The zero-order valence-corrected chi connectivity index (χ0v) is 11.4. The van der Waals surface area contributed by atoms with E-state index < -0.39 is 0 Å². The van der Waals surface area contributed by atoms with E-state index >= 15 is 0 Å². The van der Waals surface area contributed by atoms with Crippen LogP contribution in [0.4, 0.5) is 4.39 Å². The molecule has 4 nitrogen and oxygen atoms in total. The second kappa shape index (κ2) is 6.06. The van der Waals surface area contributed by atoms with Crippen molar-refractivity contribution in [3.63, 3.8) is 0 Å². The number of hydrogen-bond acceptors (Lipinski definition) is 4. The molecule has 0 spiro atoms. The maximum absolute atomic E-state index is 13.1. The molecular weight excluding hydrogens is 301 g/mol. The van der Waals surface area contributed by atoms with E-state index in [2.05, 4.69) is 35.9 Å². The van der Waals surface area contributed by atoms with Crippen LogP contribution in [0.5, 0.6) is 0 Å². The van der Waals surface area contributed by atoms with E-state index in [9.17, 15) is 4.39 Å². The second-order valence-electron chi connectivity index (χ2n) is 3.95. The van der Waals surface area contributed by atoms with Gasteiger partial charge in [-0.15, -0.1) is 0 Å². The quantitative estimate of drug-likeness (QED) is 0.922. The molecule has 0 fully saturated rings. The molecule has 96 valence electrons. The van der Waals surface area contributed by atoms with Crippen molar-refractivity contribution in [2.75, 3.05) is 6.54 Å². The van der Waals surface area contributed by atoms with Crippen molar-refractivity contribution >= 4 is 15.9 Å². The lowest BCUT2D eigenvalue weighted by molar-refractivity contribution is 0.408. The predicted molar refractivity (Wildman–Crippen MR) is 68.5 cm³/mol. The molecule has 0 aliphatic carbocycles. The Morgan fingerprint density at radius 3 is 3.00 bits per heavy atom. The zero-order valence-electron chi connectivity index (χ0n) is 9.86. The SMILES string of the molecule is CC(NCCc1ncon1)c1ccc(F)c(Br)c1. The Morgan fingerprint density at radius 2 is 2.33 bits per heavy atom. The van der Waals surface area contributed by atoms with Gasteiger partial charge < -0.3 is 9.84 Å². The highest BCUT2D eigenvalue weighted by Crippen LogP contribution is 2.21. The molecule has 0 saturated carbocycles. The maximum atomic E-state index is 13.1. The minimum absolute atomic E-state index is 0.133. The summed E-state index contributed by atoms with van der Waals surface area (Å²) in [7, 11) is 0. The van der Waals surface area contributed by atoms with Gasteiger partial charge in [0.25, 0.3) is 0 Å². The Bertz CT molecular complexity index is 504. The highest BCUT2D eigenvalue weighted by atomic mass is 79.9. The Balaban J connectivity index is 1.87. The Kier molecular flexibility index (Phi) is 4.43. The van der Waals surface area contributed by atoms with Gasteiger partial charge in [-0.05, 0) is 40.5 Å². The molecule has 0 saturated heterocycles. The third-order valence-electron chi connectivity index (χ3n) is 2.65. The average molecular weight is 314 g/mol. The fourth-order valence-corrected chi connectivity index (χ4v) is 2.00. The highest BCUT2D eigenvalue weighted by molar-refractivity contribution is 9.10. The first-order valence-corrected chi connectivity index (χ1v) is 6.39. The summed E-state index contributed by atoms with van der Waals surface area (Å²) >= 11 is 3.18. The molecule has 2 rings (SSSR count). The summed E-state index contributed by atoms with van der Waals surface area (Å²) in [6.07, 6.45) is 2.01. The fraction of sp³-hybridized carbons (Fsp3) is 0.333. The number of nitrogens with zero attached hydrogens (tertiary/aromatic N) is 2. The van der Waals surface area contributed by atoms with Gasteiger partial charge in [0, 0.05) is 19.0 Å². The molecule has 1 heterocycles. The summed E-state index contributed by atoms with van der Waals surface area (Å²) < 4.78 is 18.2. The van der Waals surface area contributed by atoms with Crippen molar-refractivity contribution in [3.05, 3.63) is 46.3 Å². The van der Waals surface area contributed by atoms with Gasteiger partial charge in [-0.25, -0.2) is 4.39 Å². The third-order valence-corrected chi connectivity index (χ3v) is 3.26. The van der Waals surface area contributed by atoms with Crippen LogP contribution in [0.3, 0.4) is 0 Å². The van der Waals surface area contributed by atoms with Crippen LogP contribution in [0.2, 0.25) is 0 Å². The van der Waals surface area contributed by atoms with E-state index in [1.807, 2.05) is 6.92 Å². The number of nitrogens with one attached hydrogen (secondary N) is 1. The Morgan fingerprint density at radius 1 is 1.50 bits per heavy atom. The molecule has 6 heteroatoms. The number of rotatable bonds is 5. The molecular formula is C12H13BrFN3O. The molecule has 0 bridgehead atoms. The molecule has 1 aromatic carbocycles. The molecule has 0 aliphatic rings. The lowest BCUT2D eigenvalue weighted by Crippen LogP contribution is -2.21. The van der Waals surface area contributed by atoms with Gasteiger partial charge in [0.1, 0.15) is 5.82 Å². The molecule has 18 heavy (non-hydrogen) atoms. The van der Waals surface area contributed by atoms with Crippen LogP contribution in [0.1, 0.15) is 24.4 Å². The third kappa shape index (κ3) is 3.36. The Hall–Kier alpha value is -1.27. The first-order chi connectivity index (χ1) is 8.66. The van der Waals surface area contributed by atoms with Crippen molar-refractivity contribution in [2.24, 2.45) is 0 Å². The zero-order chi connectivity index (χ0) is 13.0. The van der Waals surface area contributed by atoms with Crippen molar-refractivity contribution in [1.29, 1.82) is 0 Å². The summed E-state index contributed by atoms with van der Waals surface area (Å²) in [6.45, 7) is 2.76. The lowest BCUT2D eigenvalue weighted by atomic mass is 10.1. The van der Waals surface area contributed by atoms with Crippen LogP contribution in [0.15, 0.2) is 33.6 Å². The van der Waals surface area contributed by atoms with E-state index in [1.165, 1.54) is 12.5 Å². The summed E-state index contributed by atoms with van der Waals surface area (Å²) in [5.74, 6) is 0.424. The summed E-state index contributed by atoms with van der Waals surface area (Å²) in [5, 5.41) is 7.05. The second-order valence-corrected chi connectivity index (χ2v) is 4.80. The van der Waals surface area contributed by atoms with Crippen LogP contribution in [-0.2, 0) is 6.42 Å². The number of hydrogen-bond donors (Lipinski definition) is 1. The average Bonchev–Trinajstić information content (AvgIpc) is 2.85. The van der Waals surface area contributed by atoms with Crippen molar-refractivity contribution in [2.45, 2.75) is 19.4 Å². The van der Waals surface area contributed by atoms with E-state index in [0.717, 1.165) is 12.1 Å². The van der Waals surface area contributed by atoms with E-state index in [1.54, 1.807) is 12.1 Å². The van der Waals surface area contributed by atoms with Gasteiger partial charge in [-0.3, -0.25) is 0 Å². The normalized spacial score (nSPS) is 12.6. The van der Waals surface area contributed by atoms with Gasteiger partial charge in [-0.2, -0.15) is 4.98 Å². The number of aromatic nitrogens is 2. The summed E-state index contributed by atoms with van der Waals surface area (Å²) in [6, 6.07) is 5.14. The first-order valence-electron chi connectivity index (χ1n) is 5.60. The number of halogens is 2. The Labute approximate surface area is 113 Å². The van der Waals surface area contributed by atoms with Gasteiger partial charge >= 0.3 is 0 Å². The molecule has 0 amide bonds. The number of benzene rings is 1. The predicted octanol–water partition coefficient (Wildman–Crippen LogP) is 2.86. The van der Waals surface area contributed by atoms with Crippen LogP contribution < -0.4 is 5.32 Å². The van der Waals surface area contributed by atoms with Crippen molar-refractivity contribution < 1.29 is 8.91 Å². The molecule has 1 unspecified atom stereocenters. The standard InChI is InChI=1S/C12H13BrFN3O/c1-8(9-2-3-11(14)10(13)6-9)15-5-4-12-16-7-18-17-12/h2-3,6-8,15H,4-5H2,1H3. The molecule has 0 aliphatic heterocycles. The van der Waals surface area contributed by atoms with Crippen LogP contribution in [0.25, 0.3) is 0 Å². The topological polar surface area (TPSA) is 51.0 Å². The van der Waals surface area contributed by atoms with Crippen LogP contribution >= 0.6 is 15.9 Å². The van der Waals surface area contributed by atoms with Crippen LogP contribution in [-0.4, -0.2) is 16.7 Å². The van der Waals surface area contributed by atoms with E-state index in [-0.39, 0.29) is 11.9 Å². The highest BCUT2D eigenvalue weighted by Gasteiger charge is 2.08. The van der Waals surface area contributed by atoms with E-state index in [0.29, 0.717) is 16.7 Å². The van der Waals surface area contributed by atoms with E-state index in [4.69, 9.17) is 0 Å². The largest absolute Gasteiger partial charge is 0.343 e. The summed E-state index contributed by atoms with van der Waals surface area (Å²) in [5.41, 5.74) is 1.02. The van der Waals surface area contributed by atoms with Gasteiger partial charge in [0.15, 0.2) is 5.82 Å². The molecule has 1 atom stereocenters. The molecule has 2 aromatic rings. The molecule has 0 radical (unpaired) electrons. The summed E-state index contributed by atoms with van der Waals surface area (Å²) in [4.78, 5) is 3.94. The minimum Gasteiger partial charge on any atom is -0.343 e. The van der Waals surface area contributed by atoms with Crippen LogP contribution in [0, 0.1) is 5.82 Å². The lowest BCUT2D eigenvalue weighted by Gasteiger charge is -2.14.